The van der Waals surface area contributed by atoms with Gasteiger partial charge in [-0.25, -0.2) is 13.2 Å². The van der Waals surface area contributed by atoms with Gasteiger partial charge in [0.15, 0.2) is 0 Å². The molecule has 0 bridgehead atoms. The summed E-state index contributed by atoms with van der Waals surface area (Å²) < 4.78 is 39.8. The fourth-order valence-corrected chi connectivity index (χ4v) is 1.61. The molecule has 2 rings (SSSR count). The van der Waals surface area contributed by atoms with Crippen molar-refractivity contribution in [2.45, 2.75) is 6.54 Å². The van der Waals surface area contributed by atoms with E-state index in [9.17, 15) is 13.2 Å². The second-order valence-electron chi connectivity index (χ2n) is 3.64. The lowest BCUT2D eigenvalue weighted by Crippen LogP contribution is -1.98. The number of nitrogens with two attached hydrogens (primary N) is 1. The van der Waals surface area contributed by atoms with Crippen LogP contribution >= 0.6 is 0 Å². The van der Waals surface area contributed by atoms with Crippen molar-refractivity contribution in [1.29, 1.82) is 0 Å². The quantitative estimate of drug-likeness (QED) is 0.852. The fraction of sp³-hybridized carbons (Fsp3) is 0.0769. The van der Waals surface area contributed by atoms with Gasteiger partial charge in [-0.2, -0.15) is 0 Å². The van der Waals surface area contributed by atoms with Crippen LogP contribution in [0.1, 0.15) is 5.56 Å². The summed E-state index contributed by atoms with van der Waals surface area (Å²) in [5, 5.41) is 0. The minimum absolute atomic E-state index is 0.0270. The molecule has 0 aliphatic carbocycles. The molecule has 88 valence electrons. The molecule has 17 heavy (non-hydrogen) atoms. The van der Waals surface area contributed by atoms with Crippen molar-refractivity contribution in [2.75, 3.05) is 0 Å². The molecule has 0 spiro atoms. The molecule has 1 nitrogen and oxygen atoms in total. The third-order valence-electron chi connectivity index (χ3n) is 2.49. The molecule has 0 saturated carbocycles. The topological polar surface area (TPSA) is 26.0 Å². The third-order valence-corrected chi connectivity index (χ3v) is 2.49. The van der Waals surface area contributed by atoms with Crippen LogP contribution in [0.15, 0.2) is 36.4 Å². The van der Waals surface area contributed by atoms with Gasteiger partial charge in [0.1, 0.15) is 17.5 Å². The third kappa shape index (κ3) is 2.31. The predicted octanol–water partition coefficient (Wildman–Crippen LogP) is 3.23. The van der Waals surface area contributed by atoms with E-state index in [2.05, 4.69) is 0 Å². The van der Waals surface area contributed by atoms with Crippen LogP contribution in [0, 0.1) is 17.5 Å². The summed E-state index contributed by atoms with van der Waals surface area (Å²) in [6.45, 7) is 0.232. The highest BCUT2D eigenvalue weighted by Crippen LogP contribution is 2.27. The van der Waals surface area contributed by atoms with Crippen LogP contribution in [0.5, 0.6) is 0 Å². The van der Waals surface area contributed by atoms with E-state index in [0.29, 0.717) is 5.56 Å². The van der Waals surface area contributed by atoms with Crippen LogP contribution in [-0.4, -0.2) is 0 Å². The first kappa shape index (κ1) is 11.7. The second kappa shape index (κ2) is 4.59. The highest BCUT2D eigenvalue weighted by Gasteiger charge is 2.11. The summed E-state index contributed by atoms with van der Waals surface area (Å²) in [6.07, 6.45) is 0. The zero-order chi connectivity index (χ0) is 12.4. The summed E-state index contributed by atoms with van der Waals surface area (Å²) >= 11 is 0. The molecular formula is C13H10F3N. The van der Waals surface area contributed by atoms with Gasteiger partial charge in [-0.3, -0.25) is 0 Å². The van der Waals surface area contributed by atoms with Crippen molar-refractivity contribution in [2.24, 2.45) is 5.73 Å². The highest BCUT2D eigenvalue weighted by atomic mass is 19.1. The molecule has 0 amide bonds. The Morgan fingerprint density at radius 1 is 0.824 bits per heavy atom. The smallest absolute Gasteiger partial charge is 0.134 e. The Bertz CT molecular complexity index is 552. The molecule has 4 heteroatoms. The van der Waals surface area contributed by atoms with E-state index in [4.69, 9.17) is 5.73 Å². The molecule has 2 N–H and O–H groups in total. The van der Waals surface area contributed by atoms with Crippen molar-refractivity contribution in [3.8, 4) is 11.1 Å². The van der Waals surface area contributed by atoms with E-state index >= 15 is 0 Å². The van der Waals surface area contributed by atoms with Crippen LogP contribution in [-0.2, 0) is 6.54 Å². The monoisotopic (exact) mass is 237 g/mol. The molecule has 0 radical (unpaired) electrons. The predicted molar refractivity (Wildman–Crippen MR) is 59.6 cm³/mol. The lowest BCUT2D eigenvalue weighted by molar-refractivity contribution is 0.582. The van der Waals surface area contributed by atoms with Gasteiger partial charge in [-0.1, -0.05) is 6.07 Å². The van der Waals surface area contributed by atoms with Gasteiger partial charge in [0.2, 0.25) is 0 Å². The Labute approximate surface area is 96.7 Å². The first-order chi connectivity index (χ1) is 8.11. The fourth-order valence-electron chi connectivity index (χ4n) is 1.61. The molecule has 0 fully saturated rings. The normalized spacial score (nSPS) is 10.6. The summed E-state index contributed by atoms with van der Waals surface area (Å²) in [5.41, 5.74) is 6.23. The molecule has 0 atom stereocenters. The van der Waals surface area contributed by atoms with Crippen molar-refractivity contribution >= 4 is 0 Å². The van der Waals surface area contributed by atoms with E-state index in [1.54, 1.807) is 0 Å². The van der Waals surface area contributed by atoms with Crippen LogP contribution in [0.3, 0.4) is 0 Å². The number of rotatable bonds is 2. The number of hydrogen-bond donors (Lipinski definition) is 1. The first-order valence-electron chi connectivity index (χ1n) is 5.05. The zero-order valence-electron chi connectivity index (χ0n) is 8.88. The molecule has 2 aromatic rings. The SMILES string of the molecule is NCc1ccc(F)c(-c2ccc(F)cc2F)c1. The first-order valence-corrected chi connectivity index (χ1v) is 5.05. The molecule has 0 aliphatic rings. The molecular weight excluding hydrogens is 227 g/mol. The van der Waals surface area contributed by atoms with Crippen LogP contribution in [0.4, 0.5) is 13.2 Å². The van der Waals surface area contributed by atoms with Crippen LogP contribution < -0.4 is 5.73 Å². The number of halogens is 3. The van der Waals surface area contributed by atoms with Crippen molar-refractivity contribution in [1.82, 2.24) is 0 Å². The molecule has 0 aromatic heterocycles. The van der Waals surface area contributed by atoms with Gasteiger partial charge < -0.3 is 5.73 Å². The van der Waals surface area contributed by atoms with Gasteiger partial charge in [-0.05, 0) is 29.8 Å². The molecule has 0 saturated heterocycles. The summed E-state index contributed by atoms with van der Waals surface area (Å²) in [7, 11) is 0. The summed E-state index contributed by atoms with van der Waals surface area (Å²) in [4.78, 5) is 0. The lowest BCUT2D eigenvalue weighted by Gasteiger charge is -2.07. The maximum Gasteiger partial charge on any atom is 0.134 e. The lowest BCUT2D eigenvalue weighted by atomic mass is 10.0. The Morgan fingerprint density at radius 2 is 1.59 bits per heavy atom. The van der Waals surface area contributed by atoms with Gasteiger partial charge >= 0.3 is 0 Å². The minimum atomic E-state index is -0.793. The van der Waals surface area contributed by atoms with E-state index in [1.165, 1.54) is 24.3 Å². The van der Waals surface area contributed by atoms with E-state index in [-0.39, 0.29) is 17.7 Å². The van der Waals surface area contributed by atoms with Crippen molar-refractivity contribution < 1.29 is 13.2 Å². The summed E-state index contributed by atoms with van der Waals surface area (Å²) in [6, 6.07) is 7.24. The Kier molecular flexibility index (Phi) is 3.15. The molecule has 2 aromatic carbocycles. The zero-order valence-corrected chi connectivity index (χ0v) is 8.88. The van der Waals surface area contributed by atoms with Gasteiger partial charge in [0.25, 0.3) is 0 Å². The number of hydrogen-bond acceptors (Lipinski definition) is 1. The molecule has 0 aliphatic heterocycles. The average Bonchev–Trinajstić information content (AvgIpc) is 2.30. The summed E-state index contributed by atoms with van der Waals surface area (Å²) in [5.74, 6) is -2.05. The Morgan fingerprint density at radius 3 is 2.24 bits per heavy atom. The van der Waals surface area contributed by atoms with Crippen LogP contribution in [0.2, 0.25) is 0 Å². The van der Waals surface area contributed by atoms with Gasteiger partial charge in [0, 0.05) is 23.7 Å². The van der Waals surface area contributed by atoms with E-state index < -0.39 is 17.5 Å². The standard InChI is InChI=1S/C13H10F3N/c14-9-2-3-10(13(16)6-9)11-5-8(7-17)1-4-12(11)15/h1-6H,7,17H2. The molecule has 0 unspecified atom stereocenters. The highest BCUT2D eigenvalue weighted by molar-refractivity contribution is 5.65. The maximum absolute atomic E-state index is 13.6. The van der Waals surface area contributed by atoms with Crippen molar-refractivity contribution in [3.63, 3.8) is 0 Å². The Balaban J connectivity index is 2.59. The van der Waals surface area contributed by atoms with Crippen LogP contribution in [0.25, 0.3) is 11.1 Å². The Hall–Kier alpha value is -1.81. The largest absolute Gasteiger partial charge is 0.326 e. The number of benzene rings is 2. The maximum atomic E-state index is 13.6. The van der Waals surface area contributed by atoms with E-state index in [0.717, 1.165) is 12.1 Å². The van der Waals surface area contributed by atoms with Crippen molar-refractivity contribution in [3.05, 3.63) is 59.4 Å². The molecule has 0 heterocycles. The van der Waals surface area contributed by atoms with E-state index in [1.807, 2.05) is 0 Å². The van der Waals surface area contributed by atoms with Gasteiger partial charge in [-0.15, -0.1) is 0 Å². The minimum Gasteiger partial charge on any atom is -0.326 e. The van der Waals surface area contributed by atoms with Gasteiger partial charge in [0.05, 0.1) is 0 Å². The second-order valence-corrected chi connectivity index (χ2v) is 3.64. The average molecular weight is 237 g/mol.